The minimum absolute atomic E-state index is 0.249. The molecule has 0 saturated carbocycles. The average molecular weight is 496 g/mol. The van der Waals surface area contributed by atoms with Crippen molar-refractivity contribution in [2.75, 3.05) is 54.1 Å². The molecule has 2 heterocycles. The molecule has 0 fully saturated rings. The van der Waals surface area contributed by atoms with Crippen LogP contribution in [-0.2, 0) is 6.54 Å². The number of halogens is 1. The number of fused-ring (bicyclic) bond motifs is 1. The van der Waals surface area contributed by atoms with Gasteiger partial charge in [0.25, 0.3) is 0 Å². The Bertz CT molecular complexity index is 1180. The van der Waals surface area contributed by atoms with Crippen LogP contribution in [0.4, 0.5) is 33.6 Å². The number of hydrogen-bond donors (Lipinski definition) is 2. The van der Waals surface area contributed by atoms with Gasteiger partial charge < -0.3 is 20.7 Å². The van der Waals surface area contributed by atoms with Crippen LogP contribution in [0.1, 0.15) is 19.4 Å². The van der Waals surface area contributed by atoms with Crippen molar-refractivity contribution in [1.82, 2.24) is 14.9 Å². The molecule has 1 aromatic heterocycles. The number of urea groups is 1. The number of ether oxygens (including phenoxy) is 1. The van der Waals surface area contributed by atoms with Gasteiger partial charge in [0.1, 0.15) is 18.2 Å². The molecule has 0 unspecified atom stereocenters. The van der Waals surface area contributed by atoms with E-state index in [9.17, 15) is 4.79 Å². The number of carbonyl (C=O) groups is 1. The number of amides is 2. The lowest BCUT2D eigenvalue weighted by atomic mass is 10.2. The molecule has 0 saturated heterocycles. The largest absolute Gasteiger partial charge is 0.492 e. The Morgan fingerprint density at radius 2 is 1.91 bits per heavy atom. The zero-order chi connectivity index (χ0) is 24.9. The second-order valence-corrected chi connectivity index (χ2v) is 8.61. The van der Waals surface area contributed by atoms with Crippen LogP contribution in [0.2, 0.25) is 5.02 Å². The number of benzene rings is 2. The molecule has 3 aromatic rings. The number of nitrogen functional groups attached to an aromatic ring is 1. The number of hydrogen-bond acceptors (Lipinski definition) is 7. The van der Waals surface area contributed by atoms with E-state index in [-0.39, 0.29) is 6.03 Å². The first-order valence-electron chi connectivity index (χ1n) is 11.6. The molecule has 1 aliphatic heterocycles. The highest BCUT2D eigenvalue weighted by atomic mass is 35.5. The molecule has 10 heteroatoms. The van der Waals surface area contributed by atoms with E-state index in [1.54, 1.807) is 36.3 Å². The Morgan fingerprint density at radius 1 is 1.17 bits per heavy atom. The van der Waals surface area contributed by atoms with Gasteiger partial charge in [-0.15, -0.1) is 0 Å². The maximum atomic E-state index is 13.1. The summed E-state index contributed by atoms with van der Waals surface area (Å²) in [5, 5.41) is 3.64. The van der Waals surface area contributed by atoms with E-state index in [2.05, 4.69) is 34.0 Å². The third kappa shape index (κ3) is 5.58. The fraction of sp³-hybridized carbons (Fsp3) is 0.320. The molecule has 2 amide bonds. The number of aromatic nitrogens is 2. The summed E-state index contributed by atoms with van der Waals surface area (Å²) in [4.78, 5) is 27.5. The van der Waals surface area contributed by atoms with Crippen LogP contribution in [0.5, 0.6) is 5.75 Å². The Kier molecular flexibility index (Phi) is 7.57. The van der Waals surface area contributed by atoms with E-state index in [1.165, 1.54) is 4.90 Å². The van der Waals surface area contributed by atoms with Crippen molar-refractivity contribution in [3.63, 3.8) is 0 Å². The second kappa shape index (κ2) is 10.8. The zero-order valence-electron chi connectivity index (χ0n) is 20.2. The quantitative estimate of drug-likeness (QED) is 0.413. The van der Waals surface area contributed by atoms with Crippen LogP contribution in [0, 0.1) is 0 Å². The highest BCUT2D eigenvalue weighted by molar-refractivity contribution is 6.34. The molecular formula is C25H30ClN7O2. The number of carbonyl (C=O) groups excluding carboxylic acids is 1. The summed E-state index contributed by atoms with van der Waals surface area (Å²) in [6, 6.07) is 12.5. The normalized spacial score (nSPS) is 13.2. The van der Waals surface area contributed by atoms with Gasteiger partial charge in [-0.25, -0.2) is 9.78 Å². The monoisotopic (exact) mass is 495 g/mol. The van der Waals surface area contributed by atoms with Crippen molar-refractivity contribution in [1.29, 1.82) is 0 Å². The Morgan fingerprint density at radius 3 is 2.63 bits per heavy atom. The fourth-order valence-corrected chi connectivity index (χ4v) is 4.11. The van der Waals surface area contributed by atoms with Crippen LogP contribution in [0.3, 0.4) is 0 Å². The molecule has 3 N–H and O–H groups in total. The number of nitrogens with two attached hydrogens (primary N) is 1. The van der Waals surface area contributed by atoms with Gasteiger partial charge in [0.15, 0.2) is 0 Å². The van der Waals surface area contributed by atoms with Crippen molar-refractivity contribution >= 4 is 46.5 Å². The Hall–Kier alpha value is -3.56. The van der Waals surface area contributed by atoms with Gasteiger partial charge in [0, 0.05) is 36.7 Å². The predicted molar refractivity (Wildman–Crippen MR) is 141 cm³/mol. The first-order valence-corrected chi connectivity index (χ1v) is 12.0. The SMILES string of the molecule is CCN(CC)CCOc1ccc(Nc2ncc3c(n2)N(C)C(=O)N(c2cc(N)ccc2Cl)C3)cc1. The summed E-state index contributed by atoms with van der Waals surface area (Å²) >= 11 is 6.33. The van der Waals surface area contributed by atoms with E-state index in [4.69, 9.17) is 22.1 Å². The summed E-state index contributed by atoms with van der Waals surface area (Å²) in [6.45, 7) is 8.14. The highest BCUT2D eigenvalue weighted by Crippen LogP contribution is 2.35. The summed E-state index contributed by atoms with van der Waals surface area (Å²) in [7, 11) is 1.68. The van der Waals surface area contributed by atoms with Gasteiger partial charge >= 0.3 is 6.03 Å². The van der Waals surface area contributed by atoms with Crippen LogP contribution in [0.15, 0.2) is 48.7 Å². The topological polar surface area (TPSA) is 99.8 Å². The standard InChI is InChI=1S/C25H30ClN7O2/c1-4-32(5-2)12-13-35-20-9-7-19(8-10-20)29-24-28-15-17-16-33(25(34)31(3)23(17)30-24)22-14-18(27)6-11-21(22)26/h6-11,14-15H,4-5,12-13,16,27H2,1-3H3,(H,28,29,30). The van der Waals surface area contributed by atoms with E-state index < -0.39 is 0 Å². The van der Waals surface area contributed by atoms with Gasteiger partial charge in [-0.2, -0.15) is 4.98 Å². The van der Waals surface area contributed by atoms with Gasteiger partial charge in [-0.1, -0.05) is 25.4 Å². The smallest absolute Gasteiger partial charge is 0.330 e. The van der Waals surface area contributed by atoms with Gasteiger partial charge in [-0.3, -0.25) is 9.80 Å². The van der Waals surface area contributed by atoms with Gasteiger partial charge in [0.2, 0.25) is 5.95 Å². The Labute approximate surface area is 210 Å². The summed E-state index contributed by atoms with van der Waals surface area (Å²) in [5.41, 5.74) is 8.60. The summed E-state index contributed by atoms with van der Waals surface area (Å²) in [6.07, 6.45) is 1.71. The van der Waals surface area contributed by atoms with E-state index in [0.29, 0.717) is 41.3 Å². The minimum Gasteiger partial charge on any atom is -0.492 e. The first-order chi connectivity index (χ1) is 16.9. The molecule has 0 bridgehead atoms. The molecule has 0 radical (unpaired) electrons. The average Bonchev–Trinajstić information content (AvgIpc) is 2.87. The second-order valence-electron chi connectivity index (χ2n) is 8.21. The third-order valence-electron chi connectivity index (χ3n) is 5.95. The predicted octanol–water partition coefficient (Wildman–Crippen LogP) is 4.75. The van der Waals surface area contributed by atoms with Crippen molar-refractivity contribution in [3.8, 4) is 5.75 Å². The molecule has 184 valence electrons. The minimum atomic E-state index is -0.249. The number of nitrogens with zero attached hydrogens (tertiary/aromatic N) is 5. The van der Waals surface area contributed by atoms with Crippen LogP contribution < -0.4 is 25.6 Å². The lowest BCUT2D eigenvalue weighted by Crippen LogP contribution is -2.46. The van der Waals surface area contributed by atoms with Crippen LogP contribution in [0.25, 0.3) is 0 Å². The fourth-order valence-electron chi connectivity index (χ4n) is 3.89. The maximum absolute atomic E-state index is 13.1. The number of rotatable bonds is 9. The summed E-state index contributed by atoms with van der Waals surface area (Å²) < 4.78 is 5.84. The zero-order valence-corrected chi connectivity index (χ0v) is 20.9. The van der Waals surface area contributed by atoms with Crippen molar-refractivity contribution in [2.24, 2.45) is 0 Å². The first kappa shape index (κ1) is 24.6. The molecule has 9 nitrogen and oxygen atoms in total. The lowest BCUT2D eigenvalue weighted by molar-refractivity contribution is 0.223. The van der Waals surface area contributed by atoms with E-state index in [0.717, 1.165) is 36.6 Å². The molecule has 1 aliphatic rings. The maximum Gasteiger partial charge on any atom is 0.330 e. The van der Waals surface area contributed by atoms with E-state index >= 15 is 0 Å². The van der Waals surface area contributed by atoms with Crippen molar-refractivity contribution in [3.05, 3.63) is 59.2 Å². The van der Waals surface area contributed by atoms with Gasteiger partial charge in [-0.05, 0) is 55.6 Å². The number of nitrogens with one attached hydrogen (secondary N) is 1. The van der Waals surface area contributed by atoms with Gasteiger partial charge in [0.05, 0.1) is 17.3 Å². The molecular weight excluding hydrogens is 466 g/mol. The third-order valence-corrected chi connectivity index (χ3v) is 6.27. The Balaban J connectivity index is 1.44. The molecule has 4 rings (SSSR count). The number of anilines is 5. The lowest BCUT2D eigenvalue weighted by Gasteiger charge is -2.34. The molecule has 0 spiro atoms. The van der Waals surface area contributed by atoms with Crippen LogP contribution >= 0.6 is 11.6 Å². The summed E-state index contributed by atoms with van der Waals surface area (Å²) in [5.74, 6) is 1.74. The molecule has 2 aromatic carbocycles. The molecule has 35 heavy (non-hydrogen) atoms. The van der Waals surface area contributed by atoms with Crippen molar-refractivity contribution < 1.29 is 9.53 Å². The molecule has 0 atom stereocenters. The highest BCUT2D eigenvalue weighted by Gasteiger charge is 2.31. The van der Waals surface area contributed by atoms with E-state index in [1.807, 2.05) is 24.3 Å². The number of likely N-dealkylation sites (N-methyl/N-ethyl adjacent to an activating group) is 1. The molecule has 0 aliphatic carbocycles. The van der Waals surface area contributed by atoms with Crippen molar-refractivity contribution in [2.45, 2.75) is 20.4 Å². The van der Waals surface area contributed by atoms with Crippen LogP contribution in [-0.4, -0.2) is 54.2 Å².